The molecule has 35 heavy (non-hydrogen) atoms. The first-order valence-corrected chi connectivity index (χ1v) is 13.6. The first kappa shape index (κ1) is 28.7. The second-order valence-electron chi connectivity index (χ2n) is 8.33. The molecule has 0 aliphatic rings. The largest absolute Gasteiger partial charge is 0.497 e. The minimum absolute atomic E-state index is 0.103. The number of benzene rings is 2. The summed E-state index contributed by atoms with van der Waals surface area (Å²) in [5.74, 6) is -0.202. The van der Waals surface area contributed by atoms with Gasteiger partial charge >= 0.3 is 0 Å². The van der Waals surface area contributed by atoms with E-state index in [1.54, 1.807) is 38.3 Å². The highest BCUT2D eigenvalue weighted by molar-refractivity contribution is 7.92. The van der Waals surface area contributed by atoms with Crippen LogP contribution in [0.25, 0.3) is 0 Å². The van der Waals surface area contributed by atoms with Gasteiger partial charge < -0.3 is 15.0 Å². The molecule has 0 aromatic heterocycles. The summed E-state index contributed by atoms with van der Waals surface area (Å²) in [7, 11) is -2.31. The molecule has 0 aliphatic carbocycles. The number of nitrogens with zero attached hydrogens (tertiary/aromatic N) is 2. The van der Waals surface area contributed by atoms with Gasteiger partial charge in [-0.15, -0.1) is 0 Å². The Hall–Kier alpha value is -2.49. The van der Waals surface area contributed by atoms with E-state index in [0.717, 1.165) is 16.1 Å². The summed E-state index contributed by atoms with van der Waals surface area (Å²) in [5, 5.41) is 3.26. The molecule has 0 aliphatic heterocycles. The van der Waals surface area contributed by atoms with Crippen LogP contribution in [0.1, 0.15) is 32.8 Å². The van der Waals surface area contributed by atoms with Gasteiger partial charge in [0.2, 0.25) is 21.8 Å². The van der Waals surface area contributed by atoms with Crippen molar-refractivity contribution in [3.05, 3.63) is 58.1 Å². The summed E-state index contributed by atoms with van der Waals surface area (Å²) in [6, 6.07) is 10.5. The highest BCUT2D eigenvalue weighted by Gasteiger charge is 2.32. The standard InChI is InChI=1S/C24H31Cl2N3O5S/c1-6-22(24(31)27-16(2)3)28(14-17-7-10-19(34-4)11-8-17)23(30)15-29(35(5,32)33)18-9-12-20(25)21(26)13-18/h7-13,16,22H,6,14-15H2,1-5H3,(H,27,31). The molecule has 8 nitrogen and oxygen atoms in total. The van der Waals surface area contributed by atoms with Crippen molar-refractivity contribution in [2.75, 3.05) is 24.2 Å². The van der Waals surface area contributed by atoms with E-state index in [-0.39, 0.29) is 34.2 Å². The average Bonchev–Trinajstić information content (AvgIpc) is 2.78. The van der Waals surface area contributed by atoms with Crippen molar-refractivity contribution in [1.29, 1.82) is 0 Å². The van der Waals surface area contributed by atoms with Gasteiger partial charge in [0.1, 0.15) is 18.3 Å². The summed E-state index contributed by atoms with van der Waals surface area (Å²) in [4.78, 5) is 28.0. The average molecular weight is 545 g/mol. The predicted molar refractivity (Wildman–Crippen MR) is 140 cm³/mol. The number of carbonyl (C=O) groups is 2. The van der Waals surface area contributed by atoms with Gasteiger partial charge in [0.15, 0.2) is 0 Å². The van der Waals surface area contributed by atoms with E-state index in [1.807, 2.05) is 13.8 Å². The molecule has 0 saturated heterocycles. The number of carbonyl (C=O) groups excluding carboxylic acids is 2. The maximum atomic E-state index is 13.6. The van der Waals surface area contributed by atoms with Crippen LogP contribution in [0.4, 0.5) is 5.69 Å². The van der Waals surface area contributed by atoms with Gasteiger partial charge in [-0.05, 0) is 56.2 Å². The molecule has 0 fully saturated rings. The molecular formula is C24H31Cl2N3O5S. The van der Waals surface area contributed by atoms with Gasteiger partial charge in [-0.3, -0.25) is 13.9 Å². The molecule has 2 rings (SSSR count). The van der Waals surface area contributed by atoms with Crippen molar-refractivity contribution in [3.63, 3.8) is 0 Å². The lowest BCUT2D eigenvalue weighted by Crippen LogP contribution is -2.53. The fraction of sp³-hybridized carbons (Fsp3) is 0.417. The summed E-state index contributed by atoms with van der Waals surface area (Å²) < 4.78 is 31.4. The number of rotatable bonds is 11. The SMILES string of the molecule is CCC(C(=O)NC(C)C)N(Cc1ccc(OC)cc1)C(=O)CN(c1ccc(Cl)c(Cl)c1)S(C)(=O)=O. The van der Waals surface area contributed by atoms with Crippen molar-refractivity contribution >= 4 is 50.7 Å². The highest BCUT2D eigenvalue weighted by atomic mass is 35.5. The minimum atomic E-state index is -3.86. The monoisotopic (exact) mass is 543 g/mol. The number of anilines is 1. The van der Waals surface area contributed by atoms with E-state index in [1.165, 1.54) is 23.1 Å². The first-order chi connectivity index (χ1) is 16.4. The van der Waals surface area contributed by atoms with E-state index >= 15 is 0 Å². The number of hydrogen-bond acceptors (Lipinski definition) is 5. The molecule has 0 radical (unpaired) electrons. The highest BCUT2D eigenvalue weighted by Crippen LogP contribution is 2.28. The van der Waals surface area contributed by atoms with Gasteiger partial charge in [0, 0.05) is 12.6 Å². The zero-order valence-electron chi connectivity index (χ0n) is 20.4. The second-order valence-corrected chi connectivity index (χ2v) is 11.0. The molecule has 1 atom stereocenters. The predicted octanol–water partition coefficient (Wildman–Crippen LogP) is 4.10. The number of halogens is 2. The van der Waals surface area contributed by atoms with Crippen LogP contribution < -0.4 is 14.4 Å². The van der Waals surface area contributed by atoms with Crippen molar-refractivity contribution in [2.24, 2.45) is 0 Å². The van der Waals surface area contributed by atoms with Crippen LogP contribution in [-0.4, -0.2) is 57.1 Å². The normalized spacial score (nSPS) is 12.2. The smallest absolute Gasteiger partial charge is 0.244 e. The summed E-state index contributed by atoms with van der Waals surface area (Å²) in [6.45, 7) is 5.04. The Morgan fingerprint density at radius 3 is 2.17 bits per heavy atom. The molecule has 0 heterocycles. The summed E-state index contributed by atoms with van der Waals surface area (Å²) >= 11 is 12.1. The van der Waals surface area contributed by atoms with Gasteiger partial charge in [0.25, 0.3) is 0 Å². The molecular weight excluding hydrogens is 513 g/mol. The summed E-state index contributed by atoms with van der Waals surface area (Å²) in [6.07, 6.45) is 1.34. The number of nitrogens with one attached hydrogen (secondary N) is 1. The maximum absolute atomic E-state index is 13.6. The van der Waals surface area contributed by atoms with Crippen LogP contribution in [0.15, 0.2) is 42.5 Å². The third-order valence-corrected chi connectivity index (χ3v) is 7.08. The Kier molecular flexibility index (Phi) is 10.2. The fourth-order valence-corrected chi connectivity index (χ4v) is 4.62. The molecule has 0 spiro atoms. The number of hydrogen-bond donors (Lipinski definition) is 1. The molecule has 2 aromatic rings. The molecule has 1 unspecified atom stereocenters. The lowest BCUT2D eigenvalue weighted by atomic mass is 10.1. The molecule has 2 aromatic carbocycles. The summed E-state index contributed by atoms with van der Waals surface area (Å²) in [5.41, 5.74) is 0.953. The quantitative estimate of drug-likeness (QED) is 0.460. The molecule has 11 heteroatoms. The number of methoxy groups -OCH3 is 1. The Bertz CT molecular complexity index is 1140. The van der Waals surface area contributed by atoms with Crippen LogP contribution in [-0.2, 0) is 26.2 Å². The number of sulfonamides is 1. The molecule has 0 saturated carbocycles. The maximum Gasteiger partial charge on any atom is 0.244 e. The van der Waals surface area contributed by atoms with Crippen LogP contribution in [0.2, 0.25) is 10.0 Å². The van der Waals surface area contributed by atoms with Gasteiger partial charge in [-0.2, -0.15) is 0 Å². The zero-order chi connectivity index (χ0) is 26.3. The third-order valence-electron chi connectivity index (χ3n) is 5.20. The number of amides is 2. The Morgan fingerprint density at radius 1 is 1.06 bits per heavy atom. The topological polar surface area (TPSA) is 96.0 Å². The molecule has 0 bridgehead atoms. The molecule has 192 valence electrons. The Morgan fingerprint density at radius 2 is 1.69 bits per heavy atom. The lowest BCUT2D eigenvalue weighted by Gasteiger charge is -2.33. The van der Waals surface area contributed by atoms with Gasteiger partial charge in [-0.1, -0.05) is 42.3 Å². The van der Waals surface area contributed by atoms with Gasteiger partial charge in [0.05, 0.1) is 29.1 Å². The van der Waals surface area contributed by atoms with E-state index < -0.39 is 28.5 Å². The molecule has 2 amide bonds. The zero-order valence-corrected chi connectivity index (χ0v) is 22.7. The van der Waals surface area contributed by atoms with Crippen molar-refractivity contribution in [1.82, 2.24) is 10.2 Å². The fourth-order valence-electron chi connectivity index (χ4n) is 3.48. The van der Waals surface area contributed by atoms with Crippen LogP contribution in [0.5, 0.6) is 5.75 Å². The second kappa shape index (κ2) is 12.5. The van der Waals surface area contributed by atoms with Crippen LogP contribution in [0.3, 0.4) is 0 Å². The Labute approximate surface area is 217 Å². The third kappa shape index (κ3) is 8.02. The minimum Gasteiger partial charge on any atom is -0.497 e. The van der Waals surface area contributed by atoms with E-state index in [9.17, 15) is 18.0 Å². The van der Waals surface area contributed by atoms with Gasteiger partial charge in [-0.25, -0.2) is 8.42 Å². The van der Waals surface area contributed by atoms with Crippen molar-refractivity contribution in [2.45, 2.75) is 45.8 Å². The van der Waals surface area contributed by atoms with E-state index in [4.69, 9.17) is 27.9 Å². The van der Waals surface area contributed by atoms with E-state index in [2.05, 4.69) is 5.32 Å². The lowest BCUT2D eigenvalue weighted by molar-refractivity contribution is -0.140. The van der Waals surface area contributed by atoms with Crippen molar-refractivity contribution < 1.29 is 22.7 Å². The van der Waals surface area contributed by atoms with E-state index in [0.29, 0.717) is 12.2 Å². The first-order valence-electron chi connectivity index (χ1n) is 11.0. The van der Waals surface area contributed by atoms with Crippen molar-refractivity contribution in [3.8, 4) is 5.75 Å². The Balaban J connectivity index is 2.45. The number of ether oxygens (including phenoxy) is 1. The van der Waals surface area contributed by atoms with Crippen LogP contribution >= 0.6 is 23.2 Å². The van der Waals surface area contributed by atoms with Crippen LogP contribution in [0, 0.1) is 0 Å². The molecule has 1 N–H and O–H groups in total.